The molecule has 2 aliphatic heterocycles. The molecule has 0 radical (unpaired) electrons. The van der Waals surface area contributed by atoms with Gasteiger partial charge in [0, 0.05) is 12.8 Å². The van der Waals surface area contributed by atoms with Crippen molar-refractivity contribution in [2.75, 3.05) is 6.61 Å². The smallest absolute Gasteiger partial charge is 0.262 e. The van der Waals surface area contributed by atoms with Crippen LogP contribution in [0.3, 0.4) is 0 Å². The average molecular weight is 449 g/mol. The number of ketones is 1. The Balaban J connectivity index is 1.48. The van der Waals surface area contributed by atoms with Crippen LogP contribution in [0.4, 0.5) is 0 Å². The molecular formula is C24H23N3O6. The number of benzene rings is 1. The van der Waals surface area contributed by atoms with Gasteiger partial charge in [-0.3, -0.25) is 34.2 Å². The van der Waals surface area contributed by atoms with Crippen molar-refractivity contribution >= 4 is 29.4 Å². The number of hydrogen-bond acceptors (Lipinski definition) is 7. The maximum atomic E-state index is 13.1. The molecular weight excluding hydrogens is 426 g/mol. The third-order valence-electron chi connectivity index (χ3n) is 6.00. The largest absolute Gasteiger partial charge is 0.492 e. The maximum Gasteiger partial charge on any atom is 0.262 e. The first-order chi connectivity index (χ1) is 15.7. The van der Waals surface area contributed by atoms with Crippen molar-refractivity contribution in [2.45, 2.75) is 45.1 Å². The van der Waals surface area contributed by atoms with Gasteiger partial charge in [0.25, 0.3) is 17.7 Å². The molecule has 1 fully saturated rings. The van der Waals surface area contributed by atoms with E-state index in [-0.39, 0.29) is 36.2 Å². The lowest BCUT2D eigenvalue weighted by atomic mass is 9.89. The SMILES string of the molecule is CCOc1ccc(C(=O)CCc2ccc3c(c2)C(=O)N([C@@]2(C)CCC(=O)NC2=O)C3=O)nc1. The van der Waals surface area contributed by atoms with Crippen LogP contribution >= 0.6 is 0 Å². The molecule has 0 bridgehead atoms. The molecule has 4 amide bonds. The minimum Gasteiger partial charge on any atom is -0.492 e. The minimum absolute atomic E-state index is 0.0442. The van der Waals surface area contributed by atoms with Gasteiger partial charge in [-0.05, 0) is 56.5 Å². The molecule has 1 aromatic carbocycles. The quantitative estimate of drug-likeness (QED) is 0.507. The van der Waals surface area contributed by atoms with Crippen LogP contribution in [-0.4, -0.2) is 51.4 Å². The first-order valence-corrected chi connectivity index (χ1v) is 10.7. The highest BCUT2D eigenvalue weighted by atomic mass is 16.5. The topological polar surface area (TPSA) is 123 Å². The number of carbonyl (C=O) groups is 5. The van der Waals surface area contributed by atoms with Crippen LogP contribution < -0.4 is 10.1 Å². The number of imide groups is 2. The fourth-order valence-electron chi connectivity index (χ4n) is 4.08. The van der Waals surface area contributed by atoms with E-state index in [0.717, 1.165) is 4.90 Å². The Kier molecular flexibility index (Phi) is 5.80. The van der Waals surface area contributed by atoms with Gasteiger partial charge in [0.2, 0.25) is 5.91 Å². The average Bonchev–Trinajstić information content (AvgIpc) is 3.05. The molecule has 1 N–H and O–H groups in total. The summed E-state index contributed by atoms with van der Waals surface area (Å²) in [6.07, 6.45) is 2.14. The lowest BCUT2D eigenvalue weighted by Crippen LogP contribution is -2.62. The first-order valence-electron chi connectivity index (χ1n) is 10.7. The summed E-state index contributed by atoms with van der Waals surface area (Å²) in [6, 6.07) is 8.12. The van der Waals surface area contributed by atoms with E-state index < -0.39 is 29.2 Å². The summed E-state index contributed by atoms with van der Waals surface area (Å²) >= 11 is 0. The standard InChI is InChI=1S/C24H23N3O6/c1-3-33-15-6-8-18(25-13-15)19(28)9-5-14-4-7-16-17(12-14)22(31)27(21(16)30)24(2)11-10-20(29)26-23(24)32/h4,6-8,12-13H,3,5,9-11H2,1-2H3,(H,26,29,32)/t24-/m0/s1. The van der Waals surface area contributed by atoms with Crippen LogP contribution in [-0.2, 0) is 16.0 Å². The van der Waals surface area contributed by atoms with Gasteiger partial charge in [0.1, 0.15) is 17.0 Å². The Labute approximate surface area is 190 Å². The van der Waals surface area contributed by atoms with Gasteiger partial charge in [-0.25, -0.2) is 4.98 Å². The van der Waals surface area contributed by atoms with E-state index in [9.17, 15) is 24.0 Å². The van der Waals surface area contributed by atoms with Gasteiger partial charge >= 0.3 is 0 Å². The summed E-state index contributed by atoms with van der Waals surface area (Å²) in [7, 11) is 0. The van der Waals surface area contributed by atoms with Crippen LogP contribution in [0.25, 0.3) is 0 Å². The van der Waals surface area contributed by atoms with Gasteiger partial charge in [-0.1, -0.05) is 6.07 Å². The van der Waals surface area contributed by atoms with Crippen molar-refractivity contribution in [3.63, 3.8) is 0 Å². The molecule has 0 aliphatic carbocycles. The lowest BCUT2D eigenvalue weighted by Gasteiger charge is -2.38. The van der Waals surface area contributed by atoms with Gasteiger partial charge < -0.3 is 4.74 Å². The number of piperidine rings is 1. The van der Waals surface area contributed by atoms with E-state index in [1.54, 1.807) is 30.3 Å². The summed E-state index contributed by atoms with van der Waals surface area (Å²) in [4.78, 5) is 67.6. The van der Waals surface area contributed by atoms with E-state index >= 15 is 0 Å². The zero-order valence-corrected chi connectivity index (χ0v) is 18.3. The Morgan fingerprint density at radius 1 is 1.12 bits per heavy atom. The number of aryl methyl sites for hydroxylation is 1. The van der Waals surface area contributed by atoms with E-state index in [4.69, 9.17) is 4.74 Å². The number of nitrogens with zero attached hydrogens (tertiary/aromatic N) is 2. The molecule has 3 heterocycles. The molecule has 1 aromatic heterocycles. The second-order valence-electron chi connectivity index (χ2n) is 8.21. The van der Waals surface area contributed by atoms with Gasteiger partial charge in [-0.15, -0.1) is 0 Å². The molecule has 4 rings (SSSR count). The number of aromatic nitrogens is 1. The fraction of sp³-hybridized carbons (Fsp3) is 0.333. The van der Waals surface area contributed by atoms with Crippen LogP contribution in [0.2, 0.25) is 0 Å². The number of rotatable bonds is 7. The van der Waals surface area contributed by atoms with Crippen LogP contribution in [0.15, 0.2) is 36.5 Å². The van der Waals surface area contributed by atoms with Crippen molar-refractivity contribution in [3.05, 3.63) is 58.9 Å². The predicted octanol–water partition coefficient (Wildman–Crippen LogP) is 2.09. The van der Waals surface area contributed by atoms with Crippen molar-refractivity contribution < 1.29 is 28.7 Å². The van der Waals surface area contributed by atoms with Gasteiger partial charge in [0.05, 0.1) is 23.9 Å². The third-order valence-corrected chi connectivity index (χ3v) is 6.00. The van der Waals surface area contributed by atoms with Crippen LogP contribution in [0.5, 0.6) is 5.75 Å². The number of hydrogen-bond donors (Lipinski definition) is 1. The number of carbonyl (C=O) groups excluding carboxylic acids is 5. The monoisotopic (exact) mass is 449 g/mol. The first kappa shape index (κ1) is 22.3. The molecule has 0 spiro atoms. The van der Waals surface area contributed by atoms with E-state index in [2.05, 4.69) is 10.3 Å². The Bertz CT molecular complexity index is 1170. The van der Waals surface area contributed by atoms with E-state index in [1.165, 1.54) is 13.1 Å². The minimum atomic E-state index is -1.43. The molecule has 1 atom stereocenters. The molecule has 2 aromatic rings. The summed E-state index contributed by atoms with van der Waals surface area (Å²) in [5.74, 6) is -1.81. The molecule has 9 nitrogen and oxygen atoms in total. The molecule has 170 valence electrons. The van der Waals surface area contributed by atoms with E-state index in [0.29, 0.717) is 30.0 Å². The van der Waals surface area contributed by atoms with Crippen molar-refractivity contribution in [1.29, 1.82) is 0 Å². The highest BCUT2D eigenvalue weighted by molar-refractivity contribution is 6.24. The number of Topliss-reactive ketones (excluding diaryl/α,β-unsaturated/α-hetero) is 1. The summed E-state index contributed by atoms with van der Waals surface area (Å²) < 4.78 is 5.32. The lowest BCUT2D eigenvalue weighted by molar-refractivity contribution is -0.140. The van der Waals surface area contributed by atoms with Gasteiger partial charge in [-0.2, -0.15) is 0 Å². The highest BCUT2D eigenvalue weighted by Crippen LogP contribution is 2.34. The summed E-state index contributed by atoms with van der Waals surface area (Å²) in [5, 5.41) is 2.21. The van der Waals surface area contributed by atoms with Crippen molar-refractivity contribution in [2.24, 2.45) is 0 Å². The predicted molar refractivity (Wildman–Crippen MR) is 116 cm³/mol. The Morgan fingerprint density at radius 3 is 2.55 bits per heavy atom. The zero-order chi connectivity index (χ0) is 23.8. The number of ether oxygens (including phenoxy) is 1. The molecule has 2 aliphatic rings. The van der Waals surface area contributed by atoms with E-state index in [1.807, 2.05) is 6.92 Å². The highest BCUT2D eigenvalue weighted by Gasteiger charge is 2.52. The number of nitrogens with one attached hydrogen (secondary N) is 1. The summed E-state index contributed by atoms with van der Waals surface area (Å²) in [6.45, 7) is 3.85. The molecule has 1 saturated heterocycles. The third kappa shape index (κ3) is 4.02. The van der Waals surface area contributed by atoms with Crippen LogP contribution in [0, 0.1) is 0 Å². The molecule has 9 heteroatoms. The molecule has 33 heavy (non-hydrogen) atoms. The normalized spacial score (nSPS) is 20.0. The Hall–Kier alpha value is -3.88. The zero-order valence-electron chi connectivity index (χ0n) is 18.3. The number of amides is 4. The molecule has 0 saturated carbocycles. The fourth-order valence-corrected chi connectivity index (χ4v) is 4.08. The second kappa shape index (κ2) is 8.57. The van der Waals surface area contributed by atoms with Gasteiger partial charge in [0.15, 0.2) is 5.78 Å². The van der Waals surface area contributed by atoms with Crippen LogP contribution in [0.1, 0.15) is 69.9 Å². The van der Waals surface area contributed by atoms with Crippen molar-refractivity contribution in [1.82, 2.24) is 15.2 Å². The van der Waals surface area contributed by atoms with Crippen molar-refractivity contribution in [3.8, 4) is 5.75 Å². The maximum absolute atomic E-state index is 13.1. The summed E-state index contributed by atoms with van der Waals surface area (Å²) in [5.41, 5.74) is -0.00663. The number of pyridine rings is 1. The number of fused-ring (bicyclic) bond motifs is 1. The second-order valence-corrected chi connectivity index (χ2v) is 8.21. The molecule has 0 unspecified atom stereocenters. The Morgan fingerprint density at radius 2 is 1.88 bits per heavy atom.